The zero-order valence-corrected chi connectivity index (χ0v) is 8.28. The number of pyridine rings is 1. The Hall–Kier alpha value is -1.48. The predicted octanol–water partition coefficient (Wildman–Crippen LogP) is 2.25. The Morgan fingerprint density at radius 3 is 2.29 bits per heavy atom. The Morgan fingerprint density at radius 1 is 0.929 bits per heavy atom. The standard InChI is InChI=1S/C11H9NOS/c13-14(10-6-2-1-3-7-10)11-8-4-5-9-12-11/h1-9H/t14-/m0/s1. The molecule has 2 rings (SSSR count). The van der Waals surface area contributed by atoms with E-state index in [9.17, 15) is 4.21 Å². The monoisotopic (exact) mass is 203 g/mol. The Kier molecular flexibility index (Phi) is 2.70. The Bertz CT molecular complexity index is 386. The molecule has 0 aliphatic heterocycles. The van der Waals surface area contributed by atoms with Gasteiger partial charge in [0.25, 0.3) is 0 Å². The van der Waals surface area contributed by atoms with Crippen LogP contribution in [-0.2, 0) is 10.8 Å². The van der Waals surface area contributed by atoms with Crippen molar-refractivity contribution in [2.45, 2.75) is 9.92 Å². The molecule has 14 heavy (non-hydrogen) atoms. The summed E-state index contributed by atoms with van der Waals surface area (Å²) in [5, 5.41) is 0.596. The van der Waals surface area contributed by atoms with Crippen LogP contribution in [0.1, 0.15) is 0 Å². The van der Waals surface area contributed by atoms with E-state index >= 15 is 0 Å². The number of benzene rings is 1. The molecule has 1 aromatic heterocycles. The van der Waals surface area contributed by atoms with E-state index in [2.05, 4.69) is 4.98 Å². The first kappa shape index (κ1) is 9.09. The SMILES string of the molecule is O=[S@@](c1ccccc1)c1ccccn1. The molecule has 1 aromatic carbocycles. The lowest BCUT2D eigenvalue weighted by atomic mass is 10.4. The van der Waals surface area contributed by atoms with Crippen LogP contribution in [0.25, 0.3) is 0 Å². The first-order chi connectivity index (χ1) is 6.88. The average molecular weight is 203 g/mol. The minimum Gasteiger partial charge on any atom is -0.247 e. The van der Waals surface area contributed by atoms with Crippen molar-refractivity contribution in [3.8, 4) is 0 Å². The molecule has 3 heteroatoms. The van der Waals surface area contributed by atoms with Gasteiger partial charge in [0, 0.05) is 11.1 Å². The summed E-state index contributed by atoms with van der Waals surface area (Å²) in [7, 11) is -1.16. The summed E-state index contributed by atoms with van der Waals surface area (Å²) in [6.45, 7) is 0. The molecule has 0 radical (unpaired) electrons. The lowest BCUT2D eigenvalue weighted by Gasteiger charge is -1.99. The lowest BCUT2D eigenvalue weighted by Crippen LogP contribution is -1.94. The topological polar surface area (TPSA) is 30.0 Å². The second-order valence-corrected chi connectivity index (χ2v) is 4.18. The minimum absolute atomic E-state index is 0.596. The molecule has 1 heterocycles. The van der Waals surface area contributed by atoms with Crippen molar-refractivity contribution in [2.75, 3.05) is 0 Å². The van der Waals surface area contributed by atoms with E-state index < -0.39 is 10.8 Å². The van der Waals surface area contributed by atoms with E-state index in [-0.39, 0.29) is 0 Å². The van der Waals surface area contributed by atoms with Crippen LogP contribution in [0.3, 0.4) is 0 Å². The Labute approximate surface area is 85.1 Å². The van der Waals surface area contributed by atoms with Gasteiger partial charge < -0.3 is 0 Å². The second kappa shape index (κ2) is 4.15. The predicted molar refractivity (Wildman–Crippen MR) is 55.4 cm³/mol. The first-order valence-electron chi connectivity index (χ1n) is 4.26. The maximum atomic E-state index is 11.9. The highest BCUT2D eigenvalue weighted by atomic mass is 32.2. The largest absolute Gasteiger partial charge is 0.247 e. The number of rotatable bonds is 2. The molecule has 0 aliphatic carbocycles. The highest BCUT2D eigenvalue weighted by Gasteiger charge is 2.05. The van der Waals surface area contributed by atoms with Crippen LogP contribution in [0.2, 0.25) is 0 Å². The summed E-state index contributed by atoms with van der Waals surface area (Å²) < 4.78 is 11.9. The maximum Gasteiger partial charge on any atom is 0.132 e. The molecule has 0 saturated carbocycles. The smallest absolute Gasteiger partial charge is 0.132 e. The normalized spacial score (nSPS) is 12.3. The van der Waals surface area contributed by atoms with Crippen LogP contribution in [0.4, 0.5) is 0 Å². The molecule has 0 unspecified atom stereocenters. The van der Waals surface area contributed by atoms with Crippen molar-refractivity contribution < 1.29 is 4.21 Å². The summed E-state index contributed by atoms with van der Waals surface area (Å²) in [5.74, 6) is 0. The van der Waals surface area contributed by atoms with Gasteiger partial charge in [0.1, 0.15) is 15.8 Å². The fourth-order valence-corrected chi connectivity index (χ4v) is 2.13. The number of aromatic nitrogens is 1. The minimum atomic E-state index is -1.16. The van der Waals surface area contributed by atoms with Crippen molar-refractivity contribution in [1.29, 1.82) is 0 Å². The summed E-state index contributed by atoms with van der Waals surface area (Å²) in [4.78, 5) is 4.84. The highest BCUT2D eigenvalue weighted by Crippen LogP contribution is 2.12. The van der Waals surface area contributed by atoms with Gasteiger partial charge in [-0.05, 0) is 24.3 Å². The molecular formula is C11H9NOS. The molecule has 0 spiro atoms. The molecule has 1 atom stereocenters. The third-order valence-corrected chi connectivity index (χ3v) is 3.11. The summed E-state index contributed by atoms with van der Waals surface area (Å²) >= 11 is 0. The van der Waals surface area contributed by atoms with Crippen LogP contribution in [0, 0.1) is 0 Å². The fraction of sp³-hybridized carbons (Fsp3) is 0. The Balaban J connectivity index is 2.35. The average Bonchev–Trinajstić information content (AvgIpc) is 2.30. The summed E-state index contributed by atoms with van der Waals surface area (Å²) in [5.41, 5.74) is 0. The Morgan fingerprint density at radius 2 is 1.64 bits per heavy atom. The maximum absolute atomic E-state index is 11.9. The lowest BCUT2D eigenvalue weighted by molar-refractivity contribution is 0.680. The molecule has 70 valence electrons. The molecule has 0 fully saturated rings. The van der Waals surface area contributed by atoms with Gasteiger partial charge in [0.05, 0.1) is 0 Å². The molecule has 2 nitrogen and oxygen atoms in total. The molecule has 0 aliphatic rings. The third kappa shape index (κ3) is 1.88. The van der Waals surface area contributed by atoms with Crippen LogP contribution < -0.4 is 0 Å². The van der Waals surface area contributed by atoms with Gasteiger partial charge in [-0.3, -0.25) is 0 Å². The molecule has 2 aromatic rings. The van der Waals surface area contributed by atoms with Crippen LogP contribution in [-0.4, -0.2) is 9.19 Å². The van der Waals surface area contributed by atoms with Gasteiger partial charge in [-0.1, -0.05) is 24.3 Å². The van der Waals surface area contributed by atoms with Crippen molar-refractivity contribution in [3.05, 3.63) is 54.7 Å². The van der Waals surface area contributed by atoms with Gasteiger partial charge in [-0.2, -0.15) is 0 Å². The first-order valence-corrected chi connectivity index (χ1v) is 5.41. The van der Waals surface area contributed by atoms with Gasteiger partial charge in [0.2, 0.25) is 0 Å². The molecule has 0 saturated heterocycles. The zero-order valence-electron chi connectivity index (χ0n) is 7.46. The van der Waals surface area contributed by atoms with Crippen molar-refractivity contribution in [1.82, 2.24) is 4.98 Å². The van der Waals surface area contributed by atoms with Gasteiger partial charge in [0.15, 0.2) is 0 Å². The highest BCUT2D eigenvalue weighted by molar-refractivity contribution is 7.85. The summed E-state index contributed by atoms with van der Waals surface area (Å²) in [6, 6.07) is 14.7. The van der Waals surface area contributed by atoms with Gasteiger partial charge in [-0.15, -0.1) is 0 Å². The van der Waals surface area contributed by atoms with E-state index in [1.807, 2.05) is 42.5 Å². The van der Waals surface area contributed by atoms with E-state index in [1.165, 1.54) is 0 Å². The molecule has 0 N–H and O–H groups in total. The van der Waals surface area contributed by atoms with Crippen molar-refractivity contribution >= 4 is 10.8 Å². The molecule has 0 bridgehead atoms. The zero-order chi connectivity index (χ0) is 9.80. The van der Waals surface area contributed by atoms with E-state index in [4.69, 9.17) is 0 Å². The molecular weight excluding hydrogens is 194 g/mol. The fourth-order valence-electron chi connectivity index (χ4n) is 1.12. The van der Waals surface area contributed by atoms with Crippen LogP contribution >= 0.6 is 0 Å². The van der Waals surface area contributed by atoms with Crippen molar-refractivity contribution in [2.24, 2.45) is 0 Å². The number of hydrogen-bond donors (Lipinski definition) is 0. The van der Waals surface area contributed by atoms with E-state index in [0.29, 0.717) is 5.03 Å². The summed E-state index contributed by atoms with van der Waals surface area (Å²) in [6.07, 6.45) is 1.65. The number of nitrogens with zero attached hydrogens (tertiary/aromatic N) is 1. The number of hydrogen-bond acceptors (Lipinski definition) is 2. The second-order valence-electron chi connectivity index (χ2n) is 2.75. The van der Waals surface area contributed by atoms with Crippen molar-refractivity contribution in [3.63, 3.8) is 0 Å². The van der Waals surface area contributed by atoms with E-state index in [1.54, 1.807) is 12.3 Å². The quantitative estimate of drug-likeness (QED) is 0.749. The van der Waals surface area contributed by atoms with E-state index in [0.717, 1.165) is 4.90 Å². The van der Waals surface area contributed by atoms with Crippen LogP contribution in [0.15, 0.2) is 64.6 Å². The van der Waals surface area contributed by atoms with Gasteiger partial charge in [-0.25, -0.2) is 9.19 Å². The third-order valence-electron chi connectivity index (χ3n) is 1.78. The van der Waals surface area contributed by atoms with Crippen LogP contribution in [0.5, 0.6) is 0 Å². The molecule has 0 amide bonds. The van der Waals surface area contributed by atoms with Gasteiger partial charge >= 0.3 is 0 Å².